The van der Waals surface area contributed by atoms with Crippen molar-refractivity contribution in [3.63, 3.8) is 0 Å². The van der Waals surface area contributed by atoms with Crippen LogP contribution in [-0.4, -0.2) is 24.1 Å². The van der Waals surface area contributed by atoms with E-state index in [-0.39, 0.29) is 0 Å². The second-order valence-corrected chi connectivity index (χ2v) is 5.31. The highest BCUT2D eigenvalue weighted by molar-refractivity contribution is 8.00. The van der Waals surface area contributed by atoms with Gasteiger partial charge >= 0.3 is 0 Å². The van der Waals surface area contributed by atoms with Crippen molar-refractivity contribution in [3.8, 4) is 0 Å². The topological polar surface area (TPSA) is 29.3 Å². The van der Waals surface area contributed by atoms with Crippen molar-refractivity contribution in [1.82, 2.24) is 0 Å². The minimum Gasteiger partial charge on any atom is -0.397 e. The minimum atomic E-state index is 0.762. The highest BCUT2D eigenvalue weighted by Crippen LogP contribution is 2.29. The van der Waals surface area contributed by atoms with Crippen LogP contribution in [0.15, 0.2) is 24.3 Å². The van der Waals surface area contributed by atoms with Crippen LogP contribution in [0, 0.1) is 0 Å². The molecule has 2 rings (SSSR count). The number of thioether (sulfide) groups is 1. The Morgan fingerprint density at radius 2 is 2.27 bits per heavy atom. The zero-order chi connectivity index (χ0) is 10.7. The van der Waals surface area contributed by atoms with Crippen LogP contribution in [0.1, 0.15) is 13.3 Å². The summed E-state index contributed by atoms with van der Waals surface area (Å²) >= 11 is 2.08. The van der Waals surface area contributed by atoms with Crippen LogP contribution in [0.5, 0.6) is 0 Å². The third-order valence-electron chi connectivity index (χ3n) is 2.87. The van der Waals surface area contributed by atoms with Gasteiger partial charge in [0.15, 0.2) is 0 Å². The number of benzene rings is 1. The molecular formula is C12H18N2S. The molecule has 0 aliphatic carbocycles. The fourth-order valence-corrected chi connectivity index (χ4v) is 3.14. The number of hydrogen-bond donors (Lipinski definition) is 1. The number of nitrogens with two attached hydrogens (primary N) is 1. The van der Waals surface area contributed by atoms with Gasteiger partial charge in [-0.2, -0.15) is 11.8 Å². The van der Waals surface area contributed by atoms with E-state index in [1.165, 1.54) is 17.9 Å². The van der Waals surface area contributed by atoms with E-state index in [1.807, 2.05) is 12.1 Å². The van der Waals surface area contributed by atoms with Gasteiger partial charge in [-0.15, -0.1) is 0 Å². The minimum absolute atomic E-state index is 0.762. The number of nitrogens with zero attached hydrogens (tertiary/aromatic N) is 1. The largest absolute Gasteiger partial charge is 0.397 e. The third-order valence-corrected chi connectivity index (χ3v) is 4.24. The molecule has 0 spiro atoms. The number of nitrogen functional groups attached to an aromatic ring is 1. The lowest BCUT2D eigenvalue weighted by Gasteiger charge is -2.34. The molecule has 3 heteroatoms. The molecule has 0 radical (unpaired) electrons. The Hall–Kier alpha value is -0.830. The Morgan fingerprint density at radius 1 is 1.47 bits per heavy atom. The van der Waals surface area contributed by atoms with E-state index in [4.69, 9.17) is 5.73 Å². The molecular weight excluding hydrogens is 204 g/mol. The molecule has 0 bridgehead atoms. The molecule has 2 N–H and O–H groups in total. The van der Waals surface area contributed by atoms with Crippen LogP contribution < -0.4 is 10.6 Å². The lowest BCUT2D eigenvalue weighted by Crippen LogP contribution is -2.37. The molecule has 1 atom stereocenters. The quantitative estimate of drug-likeness (QED) is 0.780. The SMILES string of the molecule is CCC1CN(c2ccccc2N)CCS1. The van der Waals surface area contributed by atoms with E-state index in [0.717, 1.165) is 24.0 Å². The van der Waals surface area contributed by atoms with Crippen LogP contribution in [0.3, 0.4) is 0 Å². The van der Waals surface area contributed by atoms with E-state index in [9.17, 15) is 0 Å². The van der Waals surface area contributed by atoms with Crippen molar-refractivity contribution in [2.75, 3.05) is 29.5 Å². The summed E-state index contributed by atoms with van der Waals surface area (Å²) in [6.45, 7) is 4.51. The summed E-state index contributed by atoms with van der Waals surface area (Å²) < 4.78 is 0. The first-order valence-electron chi connectivity index (χ1n) is 5.52. The second kappa shape index (κ2) is 4.79. The summed E-state index contributed by atoms with van der Waals surface area (Å²) in [6, 6.07) is 8.17. The lowest BCUT2D eigenvalue weighted by atomic mass is 10.2. The normalized spacial score (nSPS) is 21.7. The molecule has 0 amide bonds. The molecule has 1 aliphatic rings. The Balaban J connectivity index is 2.13. The standard InChI is InChI=1S/C12H18N2S/c1-2-10-9-14(7-8-15-10)12-6-4-3-5-11(12)13/h3-6,10H,2,7-9,13H2,1H3. The Labute approximate surface area is 95.8 Å². The molecule has 15 heavy (non-hydrogen) atoms. The van der Waals surface area contributed by atoms with Gasteiger partial charge in [-0.25, -0.2) is 0 Å². The zero-order valence-corrected chi connectivity index (χ0v) is 9.96. The van der Waals surface area contributed by atoms with Crippen molar-refractivity contribution in [3.05, 3.63) is 24.3 Å². The van der Waals surface area contributed by atoms with Crippen molar-refractivity contribution >= 4 is 23.1 Å². The summed E-state index contributed by atoms with van der Waals surface area (Å²) in [5, 5.41) is 0.762. The Morgan fingerprint density at radius 3 is 3.00 bits per heavy atom. The number of para-hydroxylation sites is 2. The molecule has 1 fully saturated rings. The van der Waals surface area contributed by atoms with Gasteiger partial charge in [-0.3, -0.25) is 0 Å². The van der Waals surface area contributed by atoms with E-state index in [1.54, 1.807) is 0 Å². The average Bonchev–Trinajstić information content (AvgIpc) is 2.30. The fourth-order valence-electron chi connectivity index (χ4n) is 1.96. The maximum absolute atomic E-state index is 5.99. The van der Waals surface area contributed by atoms with Crippen LogP contribution >= 0.6 is 11.8 Å². The molecule has 1 aromatic rings. The first-order valence-corrected chi connectivity index (χ1v) is 6.57. The number of rotatable bonds is 2. The Kier molecular flexibility index (Phi) is 3.41. The predicted molar refractivity (Wildman–Crippen MR) is 69.6 cm³/mol. The summed E-state index contributed by atoms with van der Waals surface area (Å²) in [4.78, 5) is 2.42. The highest BCUT2D eigenvalue weighted by Gasteiger charge is 2.19. The van der Waals surface area contributed by atoms with Crippen LogP contribution in [-0.2, 0) is 0 Å². The molecule has 1 aromatic carbocycles. The van der Waals surface area contributed by atoms with Gasteiger partial charge in [-0.1, -0.05) is 19.1 Å². The van der Waals surface area contributed by atoms with Crippen molar-refractivity contribution in [1.29, 1.82) is 0 Å². The van der Waals surface area contributed by atoms with E-state index < -0.39 is 0 Å². The lowest BCUT2D eigenvalue weighted by molar-refractivity contribution is 0.729. The summed E-state index contributed by atoms with van der Waals surface area (Å²) in [5.41, 5.74) is 8.10. The molecule has 0 aromatic heterocycles. The Bertz CT molecular complexity index is 327. The molecule has 1 aliphatic heterocycles. The molecule has 0 saturated carbocycles. The third kappa shape index (κ3) is 2.40. The van der Waals surface area contributed by atoms with Gasteiger partial charge in [0.1, 0.15) is 0 Å². The second-order valence-electron chi connectivity index (χ2n) is 3.91. The smallest absolute Gasteiger partial charge is 0.0600 e. The monoisotopic (exact) mass is 222 g/mol. The van der Waals surface area contributed by atoms with Gasteiger partial charge in [0.2, 0.25) is 0 Å². The van der Waals surface area contributed by atoms with Crippen LogP contribution in [0.4, 0.5) is 11.4 Å². The molecule has 1 heterocycles. The van der Waals surface area contributed by atoms with E-state index in [0.29, 0.717) is 0 Å². The summed E-state index contributed by atoms with van der Waals surface area (Å²) in [6.07, 6.45) is 1.24. The summed E-state index contributed by atoms with van der Waals surface area (Å²) in [7, 11) is 0. The van der Waals surface area contributed by atoms with Crippen molar-refractivity contribution < 1.29 is 0 Å². The maximum Gasteiger partial charge on any atom is 0.0600 e. The average molecular weight is 222 g/mol. The summed E-state index contributed by atoms with van der Waals surface area (Å²) in [5.74, 6) is 1.22. The van der Waals surface area contributed by atoms with Gasteiger partial charge in [0.05, 0.1) is 11.4 Å². The molecule has 2 nitrogen and oxygen atoms in total. The van der Waals surface area contributed by atoms with Gasteiger partial charge in [-0.05, 0) is 18.6 Å². The first-order chi connectivity index (χ1) is 7.31. The van der Waals surface area contributed by atoms with Crippen LogP contribution in [0.2, 0.25) is 0 Å². The number of hydrogen-bond acceptors (Lipinski definition) is 3. The van der Waals surface area contributed by atoms with Crippen molar-refractivity contribution in [2.45, 2.75) is 18.6 Å². The van der Waals surface area contributed by atoms with Gasteiger partial charge in [0, 0.05) is 24.1 Å². The molecule has 82 valence electrons. The fraction of sp³-hybridized carbons (Fsp3) is 0.500. The van der Waals surface area contributed by atoms with Crippen LogP contribution in [0.25, 0.3) is 0 Å². The van der Waals surface area contributed by atoms with Gasteiger partial charge in [0.25, 0.3) is 0 Å². The predicted octanol–water partition coefficient (Wildman–Crippen LogP) is 2.60. The maximum atomic E-state index is 5.99. The van der Waals surface area contributed by atoms with Crippen molar-refractivity contribution in [2.24, 2.45) is 0 Å². The van der Waals surface area contributed by atoms with Gasteiger partial charge < -0.3 is 10.6 Å². The van der Waals surface area contributed by atoms with E-state index in [2.05, 4.69) is 35.7 Å². The number of anilines is 2. The van der Waals surface area contributed by atoms with E-state index >= 15 is 0 Å². The molecule has 1 saturated heterocycles. The highest BCUT2D eigenvalue weighted by atomic mass is 32.2. The zero-order valence-electron chi connectivity index (χ0n) is 9.15. The first kappa shape index (κ1) is 10.7. The molecule has 1 unspecified atom stereocenters.